The van der Waals surface area contributed by atoms with Crippen molar-refractivity contribution >= 4 is 17.4 Å². The van der Waals surface area contributed by atoms with Gasteiger partial charge in [-0.1, -0.05) is 22.9 Å². The summed E-state index contributed by atoms with van der Waals surface area (Å²) in [5, 5.41) is 7.12. The van der Waals surface area contributed by atoms with E-state index in [2.05, 4.69) is 32.5 Å². The predicted molar refractivity (Wildman–Crippen MR) is 140 cm³/mol. The summed E-state index contributed by atoms with van der Waals surface area (Å²) in [7, 11) is 0. The van der Waals surface area contributed by atoms with Crippen LogP contribution in [0.5, 0.6) is 11.5 Å². The van der Waals surface area contributed by atoms with Gasteiger partial charge in [0.25, 0.3) is 5.89 Å². The Hall–Kier alpha value is -4.53. The molecule has 2 amide bonds. The number of hydrogen-bond acceptors (Lipinski definition) is 7. The Morgan fingerprint density at radius 2 is 1.54 bits per heavy atom. The molecule has 9 nitrogen and oxygen atoms in total. The Bertz CT molecular complexity index is 1390. The molecule has 2 aliphatic heterocycles. The molecule has 1 fully saturated rings. The first-order valence-corrected chi connectivity index (χ1v) is 12.3. The molecule has 9 heteroatoms. The van der Waals surface area contributed by atoms with Crippen LogP contribution in [0.4, 0.5) is 16.2 Å². The topological polar surface area (TPSA) is 93.0 Å². The molecule has 0 radical (unpaired) electrons. The first kappa shape index (κ1) is 22.9. The van der Waals surface area contributed by atoms with E-state index < -0.39 is 0 Å². The van der Waals surface area contributed by atoms with Gasteiger partial charge in [-0.25, -0.2) is 4.79 Å². The van der Waals surface area contributed by atoms with Gasteiger partial charge in [0.05, 0.1) is 0 Å². The monoisotopic (exact) mass is 497 g/mol. The van der Waals surface area contributed by atoms with Crippen molar-refractivity contribution in [2.45, 2.75) is 6.92 Å². The lowest BCUT2D eigenvalue weighted by atomic mass is 10.1. The van der Waals surface area contributed by atoms with Crippen LogP contribution in [0.25, 0.3) is 22.8 Å². The fourth-order valence-corrected chi connectivity index (χ4v) is 4.47. The van der Waals surface area contributed by atoms with E-state index >= 15 is 0 Å². The Morgan fingerprint density at radius 3 is 2.30 bits per heavy atom. The fraction of sp³-hybridized carbons (Fsp3) is 0.250. The van der Waals surface area contributed by atoms with Crippen LogP contribution >= 0.6 is 0 Å². The van der Waals surface area contributed by atoms with Crippen LogP contribution in [0.15, 0.2) is 71.3 Å². The predicted octanol–water partition coefficient (Wildman–Crippen LogP) is 4.84. The van der Waals surface area contributed by atoms with Crippen molar-refractivity contribution in [1.82, 2.24) is 15.0 Å². The Morgan fingerprint density at radius 1 is 0.838 bits per heavy atom. The standard InChI is InChI=1S/C28H27N5O4/c1-19-2-4-21(5-3-19)27-30-26(31-37-27)20-6-9-23(10-7-20)32-12-14-33(15-13-32)28(34)29-22-8-11-24-25(18-22)36-17-16-35-24/h2-11,18H,12-17H2,1H3,(H,29,34). The second-order valence-corrected chi connectivity index (χ2v) is 9.10. The molecule has 0 saturated carbocycles. The van der Waals surface area contributed by atoms with Crippen LogP contribution in [0.1, 0.15) is 5.56 Å². The Labute approximate surface area is 214 Å². The zero-order valence-electron chi connectivity index (χ0n) is 20.5. The molecular formula is C28H27N5O4. The van der Waals surface area contributed by atoms with Crippen molar-refractivity contribution in [2.24, 2.45) is 0 Å². The maximum atomic E-state index is 12.8. The molecule has 4 aromatic rings. The second kappa shape index (κ2) is 9.85. The summed E-state index contributed by atoms with van der Waals surface area (Å²) in [6, 6.07) is 21.5. The van der Waals surface area contributed by atoms with Crippen molar-refractivity contribution < 1.29 is 18.8 Å². The number of aryl methyl sites for hydroxylation is 1. The third kappa shape index (κ3) is 4.93. The van der Waals surface area contributed by atoms with E-state index in [0.29, 0.717) is 55.2 Å². The number of carbonyl (C=O) groups is 1. The first-order valence-electron chi connectivity index (χ1n) is 12.3. The lowest BCUT2D eigenvalue weighted by Gasteiger charge is -2.36. The average molecular weight is 498 g/mol. The van der Waals surface area contributed by atoms with Gasteiger partial charge < -0.3 is 29.1 Å². The fourth-order valence-electron chi connectivity index (χ4n) is 4.47. The highest BCUT2D eigenvalue weighted by Gasteiger charge is 2.22. The number of nitrogens with one attached hydrogen (secondary N) is 1. The summed E-state index contributed by atoms with van der Waals surface area (Å²) in [5.74, 6) is 2.42. The summed E-state index contributed by atoms with van der Waals surface area (Å²) in [4.78, 5) is 21.5. The molecule has 3 heterocycles. The lowest BCUT2D eigenvalue weighted by Crippen LogP contribution is -2.50. The van der Waals surface area contributed by atoms with E-state index in [1.165, 1.54) is 5.56 Å². The van der Waals surface area contributed by atoms with E-state index in [1.807, 2.05) is 60.4 Å². The molecular weight excluding hydrogens is 470 g/mol. The van der Waals surface area contributed by atoms with Gasteiger partial charge >= 0.3 is 6.03 Å². The number of ether oxygens (including phenoxy) is 2. The number of anilines is 2. The number of piperazine rings is 1. The number of nitrogens with zero attached hydrogens (tertiary/aromatic N) is 4. The van der Waals surface area contributed by atoms with E-state index in [4.69, 9.17) is 14.0 Å². The highest BCUT2D eigenvalue weighted by Crippen LogP contribution is 2.33. The number of amides is 2. The van der Waals surface area contributed by atoms with Crippen LogP contribution in [0.2, 0.25) is 0 Å². The normalized spacial score (nSPS) is 14.9. The summed E-state index contributed by atoms with van der Waals surface area (Å²) < 4.78 is 16.6. The van der Waals surface area contributed by atoms with Gasteiger partial charge in [-0.3, -0.25) is 0 Å². The van der Waals surface area contributed by atoms with E-state index in [-0.39, 0.29) is 6.03 Å². The van der Waals surface area contributed by atoms with E-state index in [1.54, 1.807) is 6.07 Å². The molecule has 1 saturated heterocycles. The molecule has 2 aliphatic rings. The van der Waals surface area contributed by atoms with Gasteiger partial charge in [0.15, 0.2) is 11.5 Å². The van der Waals surface area contributed by atoms with Crippen LogP contribution < -0.4 is 19.7 Å². The molecule has 1 N–H and O–H groups in total. The SMILES string of the molecule is Cc1ccc(-c2nc(-c3ccc(N4CCN(C(=O)Nc5ccc6c(c5)OCCO6)CC4)cc3)no2)cc1. The molecule has 6 rings (SSSR count). The van der Waals surface area contributed by atoms with E-state index in [0.717, 1.165) is 29.9 Å². The average Bonchev–Trinajstić information content (AvgIpc) is 3.44. The maximum absolute atomic E-state index is 12.8. The molecule has 3 aromatic carbocycles. The summed E-state index contributed by atoms with van der Waals surface area (Å²) in [6.07, 6.45) is 0. The molecule has 0 atom stereocenters. The number of urea groups is 1. The van der Waals surface area contributed by atoms with Crippen LogP contribution in [-0.2, 0) is 0 Å². The number of aromatic nitrogens is 2. The van der Waals surface area contributed by atoms with Crippen LogP contribution in [0.3, 0.4) is 0 Å². The second-order valence-electron chi connectivity index (χ2n) is 9.10. The number of benzene rings is 3. The Kier molecular flexibility index (Phi) is 6.10. The molecule has 1 aromatic heterocycles. The van der Waals surface area contributed by atoms with Crippen molar-refractivity contribution in [3.05, 3.63) is 72.3 Å². The number of fused-ring (bicyclic) bond motifs is 1. The molecule has 37 heavy (non-hydrogen) atoms. The smallest absolute Gasteiger partial charge is 0.321 e. The lowest BCUT2D eigenvalue weighted by molar-refractivity contribution is 0.171. The largest absolute Gasteiger partial charge is 0.486 e. The number of rotatable bonds is 4. The van der Waals surface area contributed by atoms with Crippen molar-refractivity contribution in [3.8, 4) is 34.3 Å². The third-order valence-electron chi connectivity index (χ3n) is 6.58. The van der Waals surface area contributed by atoms with Crippen LogP contribution in [-0.4, -0.2) is 60.5 Å². The molecule has 0 bridgehead atoms. The van der Waals surface area contributed by atoms with Crippen LogP contribution in [0, 0.1) is 6.92 Å². The zero-order chi connectivity index (χ0) is 25.2. The molecule has 188 valence electrons. The summed E-state index contributed by atoms with van der Waals surface area (Å²) >= 11 is 0. The quantitative estimate of drug-likeness (QED) is 0.431. The first-order chi connectivity index (χ1) is 18.1. The minimum atomic E-state index is -0.117. The third-order valence-corrected chi connectivity index (χ3v) is 6.58. The maximum Gasteiger partial charge on any atom is 0.321 e. The molecule has 0 unspecified atom stereocenters. The Balaban J connectivity index is 1.05. The minimum Gasteiger partial charge on any atom is -0.486 e. The van der Waals surface area contributed by atoms with Gasteiger partial charge in [0, 0.05) is 54.7 Å². The van der Waals surface area contributed by atoms with Gasteiger partial charge in [-0.2, -0.15) is 4.98 Å². The molecule has 0 aliphatic carbocycles. The van der Waals surface area contributed by atoms with Crippen molar-refractivity contribution in [2.75, 3.05) is 49.6 Å². The highest BCUT2D eigenvalue weighted by molar-refractivity contribution is 5.90. The van der Waals surface area contributed by atoms with Gasteiger partial charge in [0.1, 0.15) is 13.2 Å². The van der Waals surface area contributed by atoms with Crippen molar-refractivity contribution in [1.29, 1.82) is 0 Å². The summed E-state index contributed by atoms with van der Waals surface area (Å²) in [5.41, 5.74) is 4.76. The minimum absolute atomic E-state index is 0.117. The van der Waals surface area contributed by atoms with Crippen molar-refractivity contribution in [3.63, 3.8) is 0 Å². The van der Waals surface area contributed by atoms with Gasteiger partial charge in [-0.15, -0.1) is 0 Å². The number of carbonyl (C=O) groups excluding carboxylic acids is 1. The highest BCUT2D eigenvalue weighted by atomic mass is 16.6. The zero-order valence-corrected chi connectivity index (χ0v) is 20.5. The summed E-state index contributed by atoms with van der Waals surface area (Å²) in [6.45, 7) is 5.84. The number of hydrogen-bond donors (Lipinski definition) is 1. The van der Waals surface area contributed by atoms with E-state index in [9.17, 15) is 4.79 Å². The molecule has 0 spiro atoms. The van der Waals surface area contributed by atoms with Gasteiger partial charge in [-0.05, 0) is 55.5 Å². The van der Waals surface area contributed by atoms with Gasteiger partial charge in [0.2, 0.25) is 5.82 Å².